The highest BCUT2D eigenvalue weighted by molar-refractivity contribution is 4.57. The number of aliphatic hydroxyl groups is 4. The molecule has 30 heavy (non-hydrogen) atoms. The van der Waals surface area contributed by atoms with Crippen LogP contribution in [0.1, 0.15) is 0 Å². The van der Waals surface area contributed by atoms with Crippen molar-refractivity contribution in [1.29, 1.82) is 0 Å². The molecule has 0 atom stereocenters. The molecular weight excluding hydrogens is 396 g/mol. The average molecular weight is 441 g/mol. The van der Waals surface area contributed by atoms with Gasteiger partial charge in [0.2, 0.25) is 0 Å². The highest BCUT2D eigenvalue weighted by Crippen LogP contribution is 2.20. The van der Waals surface area contributed by atoms with Crippen molar-refractivity contribution in [3.8, 4) is 0 Å². The van der Waals surface area contributed by atoms with Crippen molar-refractivity contribution in [3.05, 3.63) is 0 Å². The van der Waals surface area contributed by atoms with Crippen LogP contribution in [-0.4, -0.2) is 161 Å². The van der Waals surface area contributed by atoms with E-state index in [2.05, 4.69) is 0 Å². The van der Waals surface area contributed by atoms with Crippen LogP contribution in [0.2, 0.25) is 0 Å². The standard InChI is InChI=1S/C20H44N2O8/c23-9-17-27-13-5-21(6-14-28-18-10-24)1-2-22(4-3-21,7-15-29-19-11-25)8-16-30-20-12-26/h23-26H,1-20H2/q+2. The molecule has 0 radical (unpaired) electrons. The molecule has 0 unspecified atom stereocenters. The largest absolute Gasteiger partial charge is 0.394 e. The molecule has 1 aliphatic rings. The Labute approximate surface area is 180 Å². The third-order valence-corrected chi connectivity index (χ3v) is 5.88. The van der Waals surface area contributed by atoms with Gasteiger partial charge in [0, 0.05) is 0 Å². The van der Waals surface area contributed by atoms with Crippen LogP contribution in [0.25, 0.3) is 0 Å². The Balaban J connectivity index is 2.66. The molecule has 1 rings (SSSR count). The normalized spacial score (nSPS) is 18.0. The van der Waals surface area contributed by atoms with Crippen LogP contribution >= 0.6 is 0 Å². The Morgan fingerprint density at radius 3 is 0.833 bits per heavy atom. The van der Waals surface area contributed by atoms with Crippen LogP contribution in [-0.2, 0) is 18.9 Å². The first-order valence-electron chi connectivity index (χ1n) is 11.1. The van der Waals surface area contributed by atoms with Gasteiger partial charge in [0.1, 0.15) is 52.4 Å². The zero-order valence-corrected chi connectivity index (χ0v) is 18.5. The maximum atomic E-state index is 8.95. The summed E-state index contributed by atoms with van der Waals surface area (Å²) in [5, 5.41) is 35.8. The van der Waals surface area contributed by atoms with Gasteiger partial charge in [-0.2, -0.15) is 0 Å². The van der Waals surface area contributed by atoms with Crippen molar-refractivity contribution in [1.82, 2.24) is 0 Å². The fourth-order valence-corrected chi connectivity index (χ4v) is 3.89. The molecule has 0 aromatic rings. The number of rotatable bonds is 20. The number of quaternary nitrogens is 2. The lowest BCUT2D eigenvalue weighted by Gasteiger charge is -2.49. The second-order valence-electron chi connectivity index (χ2n) is 7.82. The molecule has 1 aliphatic heterocycles. The molecule has 1 saturated heterocycles. The van der Waals surface area contributed by atoms with Crippen molar-refractivity contribution >= 4 is 0 Å². The number of piperazine rings is 1. The number of aliphatic hydroxyl groups excluding tert-OH is 4. The van der Waals surface area contributed by atoms with Gasteiger partial charge in [0.05, 0.1) is 79.3 Å². The Morgan fingerprint density at radius 2 is 0.633 bits per heavy atom. The molecule has 10 nitrogen and oxygen atoms in total. The minimum atomic E-state index is 0.0291. The third kappa shape index (κ3) is 11.3. The molecule has 0 spiro atoms. The van der Waals surface area contributed by atoms with Gasteiger partial charge in [-0.15, -0.1) is 0 Å². The van der Waals surface area contributed by atoms with E-state index < -0.39 is 0 Å². The maximum absolute atomic E-state index is 8.95. The second kappa shape index (κ2) is 17.2. The Morgan fingerprint density at radius 1 is 0.400 bits per heavy atom. The zero-order chi connectivity index (χ0) is 22.0. The summed E-state index contributed by atoms with van der Waals surface area (Å²) in [6.07, 6.45) is 0. The monoisotopic (exact) mass is 440 g/mol. The fourth-order valence-electron chi connectivity index (χ4n) is 3.89. The lowest BCUT2D eigenvalue weighted by molar-refractivity contribution is -1.03. The first-order valence-corrected chi connectivity index (χ1v) is 11.1. The van der Waals surface area contributed by atoms with E-state index in [4.69, 9.17) is 39.4 Å². The van der Waals surface area contributed by atoms with Crippen molar-refractivity contribution < 1.29 is 48.3 Å². The van der Waals surface area contributed by atoms with E-state index in [1.807, 2.05) is 0 Å². The van der Waals surface area contributed by atoms with E-state index >= 15 is 0 Å². The quantitative estimate of drug-likeness (QED) is 0.123. The summed E-state index contributed by atoms with van der Waals surface area (Å²) >= 11 is 0. The molecule has 180 valence electrons. The lowest BCUT2D eigenvalue weighted by Crippen LogP contribution is -2.69. The molecule has 0 bridgehead atoms. The van der Waals surface area contributed by atoms with Gasteiger partial charge >= 0.3 is 0 Å². The summed E-state index contributed by atoms with van der Waals surface area (Å²) in [6.45, 7) is 11.3. The summed E-state index contributed by atoms with van der Waals surface area (Å²) in [5.41, 5.74) is 0. The van der Waals surface area contributed by atoms with Gasteiger partial charge < -0.3 is 48.3 Å². The predicted octanol–water partition coefficient (Wildman–Crippen LogP) is -2.33. The van der Waals surface area contributed by atoms with Gasteiger partial charge in [0.15, 0.2) is 0 Å². The van der Waals surface area contributed by atoms with Gasteiger partial charge in [0.25, 0.3) is 0 Å². The minimum absolute atomic E-state index is 0.0291. The molecule has 10 heteroatoms. The fraction of sp³-hybridized carbons (Fsp3) is 1.00. The minimum Gasteiger partial charge on any atom is -0.394 e. The van der Waals surface area contributed by atoms with Crippen LogP contribution in [0.15, 0.2) is 0 Å². The van der Waals surface area contributed by atoms with Crippen molar-refractivity contribution in [2.24, 2.45) is 0 Å². The number of hydrogen-bond donors (Lipinski definition) is 4. The SMILES string of the molecule is OCCOCC[N+]1(CCOCCO)CC[N+](CCOCCO)(CCOCCO)CC1. The lowest BCUT2D eigenvalue weighted by atomic mass is 10.1. The van der Waals surface area contributed by atoms with Crippen molar-refractivity contribution in [2.45, 2.75) is 0 Å². The van der Waals surface area contributed by atoms with E-state index in [0.717, 1.165) is 61.3 Å². The number of ether oxygens (including phenoxy) is 4. The highest BCUT2D eigenvalue weighted by Gasteiger charge is 2.41. The smallest absolute Gasteiger partial charge is 0.129 e. The molecule has 0 aromatic heterocycles. The Kier molecular flexibility index (Phi) is 15.8. The maximum Gasteiger partial charge on any atom is 0.129 e. The molecule has 1 heterocycles. The van der Waals surface area contributed by atoms with Crippen LogP contribution in [0.5, 0.6) is 0 Å². The highest BCUT2D eigenvalue weighted by atomic mass is 16.5. The topological polar surface area (TPSA) is 118 Å². The summed E-state index contributed by atoms with van der Waals surface area (Å²) in [6, 6.07) is 0. The van der Waals surface area contributed by atoms with E-state index in [9.17, 15) is 0 Å². The van der Waals surface area contributed by atoms with E-state index in [1.165, 1.54) is 0 Å². The Hall–Kier alpha value is -0.400. The average Bonchev–Trinajstić information content (AvgIpc) is 2.77. The molecule has 0 saturated carbocycles. The van der Waals surface area contributed by atoms with E-state index in [1.54, 1.807) is 0 Å². The molecule has 0 aliphatic carbocycles. The summed E-state index contributed by atoms with van der Waals surface area (Å²) in [5.74, 6) is 0. The van der Waals surface area contributed by atoms with E-state index in [0.29, 0.717) is 52.9 Å². The summed E-state index contributed by atoms with van der Waals surface area (Å²) < 4.78 is 23.9. The van der Waals surface area contributed by atoms with Gasteiger partial charge in [-0.3, -0.25) is 0 Å². The van der Waals surface area contributed by atoms with Crippen molar-refractivity contribution in [3.63, 3.8) is 0 Å². The van der Waals surface area contributed by atoms with Crippen LogP contribution < -0.4 is 0 Å². The van der Waals surface area contributed by atoms with Gasteiger partial charge in [-0.1, -0.05) is 0 Å². The number of nitrogens with zero attached hydrogens (tertiary/aromatic N) is 2. The first-order chi connectivity index (χ1) is 14.7. The van der Waals surface area contributed by atoms with Crippen LogP contribution in [0.3, 0.4) is 0 Å². The molecule has 1 fully saturated rings. The molecule has 0 aromatic carbocycles. The molecule has 0 amide bonds. The summed E-state index contributed by atoms with van der Waals surface area (Å²) in [4.78, 5) is 0. The molecular formula is C20H44N2O8+2. The zero-order valence-electron chi connectivity index (χ0n) is 18.5. The first kappa shape index (κ1) is 27.6. The van der Waals surface area contributed by atoms with Gasteiger partial charge in [-0.25, -0.2) is 0 Å². The van der Waals surface area contributed by atoms with Gasteiger partial charge in [-0.05, 0) is 0 Å². The van der Waals surface area contributed by atoms with Crippen LogP contribution in [0, 0.1) is 0 Å². The Bertz CT molecular complexity index is 331. The number of hydrogen-bond acceptors (Lipinski definition) is 8. The molecule has 4 N–H and O–H groups in total. The third-order valence-electron chi connectivity index (χ3n) is 5.88. The van der Waals surface area contributed by atoms with Crippen LogP contribution in [0.4, 0.5) is 0 Å². The second-order valence-corrected chi connectivity index (χ2v) is 7.82. The van der Waals surface area contributed by atoms with Crippen molar-refractivity contribution in [2.75, 3.05) is 132 Å². The summed E-state index contributed by atoms with van der Waals surface area (Å²) in [7, 11) is 0. The van der Waals surface area contributed by atoms with E-state index in [-0.39, 0.29) is 26.4 Å². The predicted molar refractivity (Wildman–Crippen MR) is 111 cm³/mol.